The predicted octanol–water partition coefficient (Wildman–Crippen LogP) is 4.55. The van der Waals surface area contributed by atoms with E-state index in [9.17, 15) is 13.6 Å². The number of H-pyrrole nitrogens is 1. The Morgan fingerprint density at radius 3 is 2.67 bits per heavy atom. The molecule has 3 aromatic rings. The first-order valence-corrected chi connectivity index (χ1v) is 8.98. The summed E-state index contributed by atoms with van der Waals surface area (Å²) in [5.74, 6) is -1.35. The zero-order chi connectivity index (χ0) is 18.9. The van der Waals surface area contributed by atoms with Gasteiger partial charge in [-0.05, 0) is 48.7 Å². The van der Waals surface area contributed by atoms with Crippen LogP contribution in [-0.4, -0.2) is 28.9 Å². The van der Waals surface area contributed by atoms with Crippen molar-refractivity contribution in [2.75, 3.05) is 13.1 Å². The molecule has 27 heavy (non-hydrogen) atoms. The van der Waals surface area contributed by atoms with Crippen LogP contribution in [0.15, 0.2) is 59.4 Å². The molecule has 0 aliphatic carbocycles. The number of para-hydroxylation sites is 1. The third kappa shape index (κ3) is 4.17. The molecule has 1 aliphatic rings. The van der Waals surface area contributed by atoms with E-state index in [2.05, 4.69) is 4.98 Å². The zero-order valence-corrected chi connectivity index (χ0v) is 14.8. The molecule has 0 atom stereocenters. The Balaban J connectivity index is 1.57. The quantitative estimate of drug-likeness (QED) is 0.733. The van der Waals surface area contributed by atoms with Gasteiger partial charge in [-0.3, -0.25) is 9.69 Å². The maximum Gasteiger partial charge on any atom is 0.260 e. The van der Waals surface area contributed by atoms with E-state index in [4.69, 9.17) is 4.74 Å². The Morgan fingerprint density at radius 1 is 1.07 bits per heavy atom. The summed E-state index contributed by atoms with van der Waals surface area (Å²) in [6.07, 6.45) is 0.362. The van der Waals surface area contributed by atoms with E-state index in [1.165, 1.54) is 0 Å². The summed E-state index contributed by atoms with van der Waals surface area (Å²) < 4.78 is 33.0. The van der Waals surface area contributed by atoms with Crippen LogP contribution < -0.4 is 10.3 Å². The fourth-order valence-corrected chi connectivity index (χ4v) is 3.45. The molecule has 0 bridgehead atoms. The van der Waals surface area contributed by atoms with Gasteiger partial charge in [0.05, 0.1) is 12.1 Å². The molecule has 0 spiro atoms. The topological polar surface area (TPSA) is 45.3 Å². The van der Waals surface area contributed by atoms with Gasteiger partial charge in [-0.15, -0.1) is 0 Å². The number of nitrogens with one attached hydrogen (secondary N) is 1. The van der Waals surface area contributed by atoms with E-state index in [1.54, 1.807) is 17.0 Å². The summed E-state index contributed by atoms with van der Waals surface area (Å²) in [7, 11) is 0. The van der Waals surface area contributed by atoms with Crippen LogP contribution >= 0.6 is 0 Å². The largest absolute Gasteiger partial charge is 0.457 e. The van der Waals surface area contributed by atoms with Gasteiger partial charge in [0.15, 0.2) is 0 Å². The van der Waals surface area contributed by atoms with Gasteiger partial charge >= 0.3 is 0 Å². The van der Waals surface area contributed by atoms with Crippen molar-refractivity contribution in [1.29, 1.82) is 0 Å². The molecule has 0 saturated carbocycles. The zero-order valence-electron chi connectivity index (χ0n) is 14.8. The summed E-state index contributed by atoms with van der Waals surface area (Å²) in [5, 5.41) is 0.841. The molecule has 6 heteroatoms. The standard InChI is InChI=1S/C21H20F2N2O2/c22-21(23)9-4-10-25(14-21)13-16-11-15-7-8-18(12-19(15)24-20(16)26)27-17-5-2-1-3-6-17/h1-3,5-8,11-12H,4,9-10,13-14H2,(H,24,26). The van der Waals surface area contributed by atoms with Crippen LogP contribution in [0.3, 0.4) is 0 Å². The SMILES string of the molecule is O=c1[nH]c2cc(Oc3ccccc3)ccc2cc1CN1CCCC(F)(F)C1. The minimum atomic E-state index is -2.68. The Labute approximate surface area is 155 Å². The molecule has 0 unspecified atom stereocenters. The molecule has 1 aliphatic heterocycles. The molecule has 2 heterocycles. The molecule has 140 valence electrons. The van der Waals surface area contributed by atoms with E-state index >= 15 is 0 Å². The van der Waals surface area contributed by atoms with Gasteiger partial charge < -0.3 is 9.72 Å². The number of pyridine rings is 1. The van der Waals surface area contributed by atoms with Gasteiger partial charge in [-0.1, -0.05) is 18.2 Å². The molecule has 4 nitrogen and oxygen atoms in total. The van der Waals surface area contributed by atoms with Crippen LogP contribution in [-0.2, 0) is 6.54 Å². The van der Waals surface area contributed by atoms with E-state index < -0.39 is 5.92 Å². The number of alkyl halides is 2. The first-order valence-electron chi connectivity index (χ1n) is 8.98. The van der Waals surface area contributed by atoms with E-state index in [0.717, 1.165) is 5.39 Å². The Kier molecular flexibility index (Phi) is 4.66. The molecular formula is C21H20F2N2O2. The predicted molar refractivity (Wildman–Crippen MR) is 101 cm³/mol. The Morgan fingerprint density at radius 2 is 1.89 bits per heavy atom. The highest BCUT2D eigenvalue weighted by Crippen LogP contribution is 2.28. The number of halogens is 2. The van der Waals surface area contributed by atoms with Crippen molar-refractivity contribution in [2.24, 2.45) is 0 Å². The maximum atomic E-state index is 13.6. The third-order valence-corrected chi connectivity index (χ3v) is 4.74. The lowest BCUT2D eigenvalue weighted by molar-refractivity contribution is -0.0661. The lowest BCUT2D eigenvalue weighted by Crippen LogP contribution is -2.42. The maximum absolute atomic E-state index is 13.6. The number of fused-ring (bicyclic) bond motifs is 1. The molecule has 1 saturated heterocycles. The minimum absolute atomic E-state index is 0.0816. The number of likely N-dealkylation sites (tertiary alicyclic amines) is 1. The van der Waals surface area contributed by atoms with Crippen LogP contribution in [0.25, 0.3) is 10.9 Å². The van der Waals surface area contributed by atoms with Crippen molar-refractivity contribution >= 4 is 10.9 Å². The van der Waals surface area contributed by atoms with Crippen molar-refractivity contribution in [3.8, 4) is 11.5 Å². The number of hydrogen-bond donors (Lipinski definition) is 1. The fraction of sp³-hybridized carbons (Fsp3) is 0.286. The monoisotopic (exact) mass is 370 g/mol. The van der Waals surface area contributed by atoms with Crippen molar-refractivity contribution in [2.45, 2.75) is 25.3 Å². The molecule has 0 radical (unpaired) electrons. The molecule has 1 fully saturated rings. The van der Waals surface area contributed by atoms with Crippen molar-refractivity contribution in [3.63, 3.8) is 0 Å². The first kappa shape index (κ1) is 17.7. The smallest absolute Gasteiger partial charge is 0.260 e. The molecule has 4 rings (SSSR count). The lowest BCUT2D eigenvalue weighted by Gasteiger charge is -2.32. The summed E-state index contributed by atoms with van der Waals surface area (Å²) in [4.78, 5) is 16.9. The highest BCUT2D eigenvalue weighted by atomic mass is 19.3. The first-order chi connectivity index (χ1) is 13.0. The van der Waals surface area contributed by atoms with Crippen molar-refractivity contribution in [1.82, 2.24) is 9.88 Å². The molecule has 2 aromatic carbocycles. The normalized spacial score (nSPS) is 17.1. The Bertz CT molecular complexity index is 1000. The highest BCUT2D eigenvalue weighted by Gasteiger charge is 2.35. The van der Waals surface area contributed by atoms with Gasteiger partial charge in [0.2, 0.25) is 0 Å². The number of nitrogens with zero attached hydrogens (tertiary/aromatic N) is 1. The van der Waals surface area contributed by atoms with E-state index in [1.807, 2.05) is 42.5 Å². The van der Waals surface area contributed by atoms with Crippen LogP contribution in [0.2, 0.25) is 0 Å². The molecule has 1 N–H and O–H groups in total. The van der Waals surface area contributed by atoms with Crippen LogP contribution in [0.4, 0.5) is 8.78 Å². The number of piperidine rings is 1. The van der Waals surface area contributed by atoms with Gasteiger partial charge in [0.1, 0.15) is 11.5 Å². The minimum Gasteiger partial charge on any atom is -0.457 e. The number of benzene rings is 2. The Hall–Kier alpha value is -2.73. The number of hydrogen-bond acceptors (Lipinski definition) is 3. The van der Waals surface area contributed by atoms with Gasteiger partial charge in [-0.25, -0.2) is 8.78 Å². The number of aromatic amines is 1. The second kappa shape index (κ2) is 7.12. The van der Waals surface area contributed by atoms with Crippen LogP contribution in [0.1, 0.15) is 18.4 Å². The fourth-order valence-electron chi connectivity index (χ4n) is 3.45. The van der Waals surface area contributed by atoms with Crippen LogP contribution in [0, 0.1) is 0 Å². The summed E-state index contributed by atoms with van der Waals surface area (Å²) in [6, 6.07) is 16.6. The lowest BCUT2D eigenvalue weighted by atomic mass is 10.1. The average Bonchev–Trinajstić information content (AvgIpc) is 2.63. The molecular weight excluding hydrogens is 350 g/mol. The summed E-state index contributed by atoms with van der Waals surface area (Å²) in [5.41, 5.74) is 0.895. The number of ether oxygens (including phenoxy) is 1. The summed E-state index contributed by atoms with van der Waals surface area (Å²) >= 11 is 0. The van der Waals surface area contributed by atoms with E-state index in [0.29, 0.717) is 35.5 Å². The highest BCUT2D eigenvalue weighted by molar-refractivity contribution is 5.80. The van der Waals surface area contributed by atoms with Crippen molar-refractivity contribution in [3.05, 3.63) is 70.5 Å². The van der Waals surface area contributed by atoms with Gasteiger partial charge in [-0.2, -0.15) is 0 Å². The summed E-state index contributed by atoms with van der Waals surface area (Å²) in [6.45, 7) is 0.508. The molecule has 0 amide bonds. The second-order valence-corrected chi connectivity index (χ2v) is 6.96. The third-order valence-electron chi connectivity index (χ3n) is 4.74. The average molecular weight is 370 g/mol. The van der Waals surface area contributed by atoms with E-state index in [-0.39, 0.29) is 25.1 Å². The number of rotatable bonds is 4. The molecule has 1 aromatic heterocycles. The number of aromatic nitrogens is 1. The van der Waals surface area contributed by atoms with Crippen molar-refractivity contribution < 1.29 is 13.5 Å². The van der Waals surface area contributed by atoms with Gasteiger partial charge in [0, 0.05) is 24.6 Å². The van der Waals surface area contributed by atoms with Crippen LogP contribution in [0.5, 0.6) is 11.5 Å². The van der Waals surface area contributed by atoms with Gasteiger partial charge in [0.25, 0.3) is 11.5 Å². The second-order valence-electron chi connectivity index (χ2n) is 6.96.